The van der Waals surface area contributed by atoms with Gasteiger partial charge in [-0.2, -0.15) is 18.3 Å². The third-order valence-corrected chi connectivity index (χ3v) is 2.93. The third-order valence-electron chi connectivity index (χ3n) is 2.93. The van der Waals surface area contributed by atoms with Crippen LogP contribution >= 0.6 is 0 Å². The standard InChI is InChI=1S/C13H14F3N3/c1-2-11(17)10-5-3-4-6-12(10)19-8-9(7-18-19)13(14,15)16/h3-8,11H,2,17H2,1H3. The molecule has 0 saturated carbocycles. The van der Waals surface area contributed by atoms with E-state index in [-0.39, 0.29) is 6.04 Å². The van der Waals surface area contributed by atoms with E-state index in [4.69, 9.17) is 5.73 Å². The van der Waals surface area contributed by atoms with Gasteiger partial charge in [-0.05, 0) is 18.1 Å². The summed E-state index contributed by atoms with van der Waals surface area (Å²) in [6, 6.07) is 6.84. The minimum atomic E-state index is -4.39. The van der Waals surface area contributed by atoms with Crippen molar-refractivity contribution in [3.63, 3.8) is 0 Å². The van der Waals surface area contributed by atoms with E-state index in [0.717, 1.165) is 18.0 Å². The van der Waals surface area contributed by atoms with E-state index >= 15 is 0 Å². The Morgan fingerprint density at radius 2 is 2.00 bits per heavy atom. The third kappa shape index (κ3) is 2.78. The van der Waals surface area contributed by atoms with E-state index in [2.05, 4.69) is 5.10 Å². The van der Waals surface area contributed by atoms with Crippen molar-refractivity contribution in [2.45, 2.75) is 25.6 Å². The summed E-state index contributed by atoms with van der Waals surface area (Å²) in [5, 5.41) is 3.77. The molecule has 0 saturated heterocycles. The number of halogens is 3. The molecule has 0 radical (unpaired) electrons. The Hall–Kier alpha value is -1.82. The maximum atomic E-state index is 12.6. The van der Waals surface area contributed by atoms with Crippen LogP contribution in [0.2, 0.25) is 0 Å². The van der Waals surface area contributed by atoms with Crippen LogP contribution in [0.4, 0.5) is 13.2 Å². The molecule has 0 spiro atoms. The lowest BCUT2D eigenvalue weighted by molar-refractivity contribution is -0.137. The summed E-state index contributed by atoms with van der Waals surface area (Å²) in [4.78, 5) is 0. The normalized spacial score (nSPS) is 13.5. The summed E-state index contributed by atoms with van der Waals surface area (Å²) in [7, 11) is 0. The van der Waals surface area contributed by atoms with Crippen molar-refractivity contribution >= 4 is 0 Å². The van der Waals surface area contributed by atoms with Gasteiger partial charge in [-0.3, -0.25) is 0 Å². The first kappa shape index (κ1) is 13.6. The number of alkyl halides is 3. The Balaban J connectivity index is 2.45. The van der Waals surface area contributed by atoms with Crippen molar-refractivity contribution in [3.05, 3.63) is 47.8 Å². The summed E-state index contributed by atoms with van der Waals surface area (Å²) in [5.74, 6) is 0. The Morgan fingerprint density at radius 3 is 2.58 bits per heavy atom. The Bertz CT molecular complexity index is 560. The van der Waals surface area contributed by atoms with Crippen molar-refractivity contribution in [2.75, 3.05) is 0 Å². The van der Waals surface area contributed by atoms with Gasteiger partial charge < -0.3 is 5.73 Å². The summed E-state index contributed by atoms with van der Waals surface area (Å²) >= 11 is 0. The summed E-state index contributed by atoms with van der Waals surface area (Å²) in [6.45, 7) is 1.92. The van der Waals surface area contributed by atoms with Gasteiger partial charge in [0.1, 0.15) is 0 Å². The molecule has 3 nitrogen and oxygen atoms in total. The SMILES string of the molecule is CCC(N)c1ccccc1-n1cc(C(F)(F)F)cn1. The van der Waals surface area contributed by atoms with E-state index < -0.39 is 11.7 Å². The van der Waals surface area contributed by atoms with E-state index in [1.807, 2.05) is 13.0 Å². The molecule has 0 aliphatic heterocycles. The Labute approximate surface area is 108 Å². The highest BCUT2D eigenvalue weighted by molar-refractivity contribution is 5.42. The van der Waals surface area contributed by atoms with Gasteiger partial charge in [0.05, 0.1) is 17.4 Å². The van der Waals surface area contributed by atoms with Gasteiger partial charge in [0.25, 0.3) is 0 Å². The average Bonchev–Trinajstić information content (AvgIpc) is 2.87. The first-order valence-electron chi connectivity index (χ1n) is 5.90. The van der Waals surface area contributed by atoms with E-state index in [0.29, 0.717) is 12.1 Å². The second kappa shape index (κ2) is 5.05. The molecule has 1 unspecified atom stereocenters. The quantitative estimate of drug-likeness (QED) is 0.929. The van der Waals surface area contributed by atoms with Crippen LogP contribution in [0, 0.1) is 0 Å². The molecule has 102 valence electrons. The smallest absolute Gasteiger partial charge is 0.324 e. The number of nitrogens with zero attached hydrogens (tertiary/aromatic N) is 2. The Morgan fingerprint density at radius 1 is 1.32 bits per heavy atom. The van der Waals surface area contributed by atoms with E-state index in [9.17, 15) is 13.2 Å². The predicted octanol–water partition coefficient (Wildman–Crippen LogP) is 3.30. The van der Waals surface area contributed by atoms with Gasteiger partial charge in [0.15, 0.2) is 0 Å². The molecule has 1 heterocycles. The lowest BCUT2D eigenvalue weighted by Gasteiger charge is -2.14. The molecule has 2 rings (SSSR count). The summed E-state index contributed by atoms with van der Waals surface area (Å²) < 4.78 is 38.9. The molecular weight excluding hydrogens is 255 g/mol. The molecule has 0 amide bonds. The van der Waals surface area contributed by atoms with Crippen molar-refractivity contribution < 1.29 is 13.2 Å². The number of para-hydroxylation sites is 1. The fraction of sp³-hybridized carbons (Fsp3) is 0.308. The van der Waals surface area contributed by atoms with Crippen LogP contribution < -0.4 is 5.73 Å². The molecule has 2 N–H and O–H groups in total. The van der Waals surface area contributed by atoms with Gasteiger partial charge in [-0.1, -0.05) is 25.1 Å². The summed E-state index contributed by atoms with van der Waals surface area (Å²) in [5.41, 5.74) is 6.55. The van der Waals surface area contributed by atoms with Gasteiger partial charge in [0, 0.05) is 12.2 Å². The van der Waals surface area contributed by atoms with Crippen molar-refractivity contribution in [3.8, 4) is 5.69 Å². The lowest BCUT2D eigenvalue weighted by Crippen LogP contribution is -2.12. The molecule has 1 aromatic heterocycles. The predicted molar refractivity (Wildman–Crippen MR) is 65.8 cm³/mol. The largest absolute Gasteiger partial charge is 0.419 e. The maximum Gasteiger partial charge on any atom is 0.419 e. The number of aromatic nitrogens is 2. The van der Waals surface area contributed by atoms with Gasteiger partial charge in [-0.25, -0.2) is 4.68 Å². The first-order chi connectivity index (χ1) is 8.93. The first-order valence-corrected chi connectivity index (χ1v) is 5.90. The van der Waals surface area contributed by atoms with Crippen LogP contribution in [0.5, 0.6) is 0 Å². The molecule has 6 heteroatoms. The lowest BCUT2D eigenvalue weighted by atomic mass is 10.0. The molecule has 2 aromatic rings. The number of rotatable bonds is 3. The number of nitrogens with two attached hydrogens (primary N) is 1. The van der Waals surface area contributed by atoms with Crippen molar-refractivity contribution in [1.82, 2.24) is 9.78 Å². The number of hydrogen-bond acceptors (Lipinski definition) is 2. The molecular formula is C13H14F3N3. The zero-order valence-electron chi connectivity index (χ0n) is 10.4. The second-order valence-electron chi connectivity index (χ2n) is 4.24. The fourth-order valence-electron chi connectivity index (χ4n) is 1.83. The molecule has 1 atom stereocenters. The fourth-order valence-corrected chi connectivity index (χ4v) is 1.83. The minimum absolute atomic E-state index is 0.227. The Kier molecular flexibility index (Phi) is 3.61. The van der Waals surface area contributed by atoms with Crippen LogP contribution in [0.3, 0.4) is 0 Å². The highest BCUT2D eigenvalue weighted by atomic mass is 19.4. The molecule has 1 aromatic carbocycles. The maximum absolute atomic E-state index is 12.6. The zero-order valence-corrected chi connectivity index (χ0v) is 10.4. The number of benzene rings is 1. The molecule has 0 aliphatic carbocycles. The van der Waals surface area contributed by atoms with E-state index in [1.165, 1.54) is 4.68 Å². The molecule has 0 aliphatic rings. The van der Waals surface area contributed by atoms with Crippen LogP contribution in [0.25, 0.3) is 5.69 Å². The van der Waals surface area contributed by atoms with E-state index in [1.54, 1.807) is 18.2 Å². The highest BCUT2D eigenvalue weighted by Gasteiger charge is 2.32. The number of hydrogen-bond donors (Lipinski definition) is 1. The van der Waals surface area contributed by atoms with Crippen LogP contribution in [0.15, 0.2) is 36.7 Å². The van der Waals surface area contributed by atoms with Crippen molar-refractivity contribution in [1.29, 1.82) is 0 Å². The van der Waals surface area contributed by atoms with Crippen LogP contribution in [-0.2, 0) is 6.18 Å². The molecule has 19 heavy (non-hydrogen) atoms. The molecule has 0 fully saturated rings. The highest BCUT2D eigenvalue weighted by Crippen LogP contribution is 2.30. The average molecular weight is 269 g/mol. The minimum Gasteiger partial charge on any atom is -0.324 e. The second-order valence-corrected chi connectivity index (χ2v) is 4.24. The van der Waals surface area contributed by atoms with Gasteiger partial charge >= 0.3 is 6.18 Å². The van der Waals surface area contributed by atoms with Gasteiger partial charge in [-0.15, -0.1) is 0 Å². The van der Waals surface area contributed by atoms with Gasteiger partial charge in [0.2, 0.25) is 0 Å². The van der Waals surface area contributed by atoms with Crippen molar-refractivity contribution in [2.24, 2.45) is 5.73 Å². The summed E-state index contributed by atoms with van der Waals surface area (Å²) in [6.07, 6.45) is -1.90. The van der Waals surface area contributed by atoms with Crippen LogP contribution in [0.1, 0.15) is 30.5 Å². The molecule has 0 bridgehead atoms. The van der Waals surface area contributed by atoms with Crippen LogP contribution in [-0.4, -0.2) is 9.78 Å². The topological polar surface area (TPSA) is 43.8 Å². The zero-order chi connectivity index (χ0) is 14.0. The monoisotopic (exact) mass is 269 g/mol.